The standard InChI is InChI=1S/C23H18ClN5O/c1-15-4-2-6-17(27-15)9-11-22(30)28-19-8-10-21-20(13-19)23(26-14-25-21)29-18-7-3-5-16(24)12-18/h2-14H,1H3,(H,28,30)(H,25,26,29)/b11-9+. The third-order valence-electron chi connectivity index (χ3n) is 4.31. The smallest absolute Gasteiger partial charge is 0.248 e. The molecule has 0 saturated heterocycles. The molecular weight excluding hydrogens is 398 g/mol. The van der Waals surface area contributed by atoms with Crippen molar-refractivity contribution in [2.75, 3.05) is 10.6 Å². The van der Waals surface area contributed by atoms with Crippen LogP contribution in [0.25, 0.3) is 17.0 Å². The summed E-state index contributed by atoms with van der Waals surface area (Å²) < 4.78 is 0. The van der Waals surface area contributed by atoms with E-state index in [4.69, 9.17) is 11.6 Å². The number of carbonyl (C=O) groups excluding carboxylic acids is 1. The minimum Gasteiger partial charge on any atom is -0.340 e. The number of anilines is 3. The lowest BCUT2D eigenvalue weighted by Crippen LogP contribution is -2.08. The molecule has 4 rings (SSSR count). The predicted octanol–water partition coefficient (Wildman–Crippen LogP) is 5.38. The molecule has 0 aliphatic carbocycles. The van der Waals surface area contributed by atoms with E-state index in [9.17, 15) is 4.79 Å². The van der Waals surface area contributed by atoms with Crippen LogP contribution in [0.1, 0.15) is 11.4 Å². The van der Waals surface area contributed by atoms with Crippen LogP contribution in [0.4, 0.5) is 17.2 Å². The minimum atomic E-state index is -0.251. The number of rotatable bonds is 5. The van der Waals surface area contributed by atoms with Gasteiger partial charge < -0.3 is 10.6 Å². The molecule has 30 heavy (non-hydrogen) atoms. The molecule has 0 atom stereocenters. The Bertz CT molecular complexity index is 1260. The molecule has 2 aromatic carbocycles. The maximum absolute atomic E-state index is 12.3. The number of benzene rings is 2. The maximum atomic E-state index is 12.3. The molecule has 2 aromatic heterocycles. The summed E-state index contributed by atoms with van der Waals surface area (Å²) in [6, 6.07) is 18.5. The summed E-state index contributed by atoms with van der Waals surface area (Å²) in [6.07, 6.45) is 4.63. The Morgan fingerprint density at radius 2 is 1.87 bits per heavy atom. The van der Waals surface area contributed by atoms with E-state index in [2.05, 4.69) is 25.6 Å². The van der Waals surface area contributed by atoms with Crippen LogP contribution in [0.3, 0.4) is 0 Å². The highest BCUT2D eigenvalue weighted by Crippen LogP contribution is 2.26. The summed E-state index contributed by atoms with van der Waals surface area (Å²) in [7, 11) is 0. The van der Waals surface area contributed by atoms with Gasteiger partial charge in [-0.05, 0) is 61.5 Å². The number of hydrogen-bond acceptors (Lipinski definition) is 5. The second-order valence-corrected chi connectivity index (χ2v) is 7.05. The van der Waals surface area contributed by atoms with E-state index in [-0.39, 0.29) is 5.91 Å². The Labute approximate surface area is 178 Å². The Morgan fingerprint density at radius 1 is 1.00 bits per heavy atom. The summed E-state index contributed by atoms with van der Waals surface area (Å²) in [6.45, 7) is 1.91. The van der Waals surface area contributed by atoms with Gasteiger partial charge in [-0.3, -0.25) is 9.78 Å². The molecule has 0 unspecified atom stereocenters. The molecule has 1 amide bonds. The summed E-state index contributed by atoms with van der Waals surface area (Å²) in [4.78, 5) is 25.3. The van der Waals surface area contributed by atoms with E-state index < -0.39 is 0 Å². The van der Waals surface area contributed by atoms with Crippen molar-refractivity contribution in [1.82, 2.24) is 15.0 Å². The quantitative estimate of drug-likeness (QED) is 0.427. The molecule has 0 bridgehead atoms. The topological polar surface area (TPSA) is 79.8 Å². The summed E-state index contributed by atoms with van der Waals surface area (Å²) in [5, 5.41) is 7.51. The van der Waals surface area contributed by atoms with Gasteiger partial charge >= 0.3 is 0 Å². The van der Waals surface area contributed by atoms with Crippen molar-refractivity contribution < 1.29 is 4.79 Å². The molecule has 7 heteroatoms. The van der Waals surface area contributed by atoms with Crippen LogP contribution in [0.2, 0.25) is 5.02 Å². The first-order chi connectivity index (χ1) is 14.6. The molecular formula is C23H18ClN5O. The van der Waals surface area contributed by atoms with E-state index in [0.717, 1.165) is 28.0 Å². The Morgan fingerprint density at radius 3 is 2.70 bits per heavy atom. The van der Waals surface area contributed by atoms with Crippen LogP contribution < -0.4 is 10.6 Å². The van der Waals surface area contributed by atoms with Crippen LogP contribution in [0.5, 0.6) is 0 Å². The fourth-order valence-electron chi connectivity index (χ4n) is 2.94. The Kier molecular flexibility index (Phi) is 5.68. The van der Waals surface area contributed by atoms with Gasteiger partial charge in [-0.1, -0.05) is 23.7 Å². The molecule has 0 aliphatic heterocycles. The number of aromatic nitrogens is 3. The number of aryl methyl sites for hydroxylation is 1. The van der Waals surface area contributed by atoms with Crippen LogP contribution in [0, 0.1) is 6.92 Å². The number of pyridine rings is 1. The summed E-state index contributed by atoms with van der Waals surface area (Å²) in [5.74, 6) is 0.372. The molecule has 0 aliphatic rings. The van der Waals surface area contributed by atoms with E-state index >= 15 is 0 Å². The second kappa shape index (κ2) is 8.71. The summed E-state index contributed by atoms with van der Waals surface area (Å²) >= 11 is 6.06. The van der Waals surface area contributed by atoms with Gasteiger partial charge in [-0.2, -0.15) is 0 Å². The van der Waals surface area contributed by atoms with Gasteiger partial charge in [0.25, 0.3) is 0 Å². The highest BCUT2D eigenvalue weighted by atomic mass is 35.5. The first-order valence-electron chi connectivity index (χ1n) is 9.27. The van der Waals surface area contributed by atoms with Crippen molar-refractivity contribution in [3.8, 4) is 0 Å². The number of fused-ring (bicyclic) bond motifs is 1. The van der Waals surface area contributed by atoms with Crippen molar-refractivity contribution in [1.29, 1.82) is 0 Å². The summed E-state index contributed by atoms with van der Waals surface area (Å²) in [5.41, 5.74) is 3.83. The number of amides is 1. The number of carbonyl (C=O) groups is 1. The van der Waals surface area contributed by atoms with Gasteiger partial charge in [0, 0.05) is 33.6 Å². The van der Waals surface area contributed by atoms with Crippen LogP contribution in [-0.2, 0) is 4.79 Å². The molecule has 2 N–H and O–H groups in total. The molecule has 0 fully saturated rings. The van der Waals surface area contributed by atoms with E-state index in [1.165, 1.54) is 12.4 Å². The second-order valence-electron chi connectivity index (χ2n) is 6.62. The SMILES string of the molecule is Cc1cccc(/C=C/C(=O)Nc2ccc3ncnc(Nc4cccc(Cl)c4)c3c2)n1. The third-order valence-corrected chi connectivity index (χ3v) is 4.54. The zero-order valence-corrected chi connectivity index (χ0v) is 16.9. The first-order valence-corrected chi connectivity index (χ1v) is 9.65. The fourth-order valence-corrected chi connectivity index (χ4v) is 3.13. The Balaban J connectivity index is 1.55. The number of hydrogen-bond donors (Lipinski definition) is 2. The lowest BCUT2D eigenvalue weighted by Gasteiger charge is -2.10. The van der Waals surface area contributed by atoms with Crippen molar-refractivity contribution >= 4 is 51.7 Å². The van der Waals surface area contributed by atoms with Gasteiger partial charge in [0.15, 0.2) is 0 Å². The molecule has 148 valence electrons. The van der Waals surface area contributed by atoms with Crippen LogP contribution >= 0.6 is 11.6 Å². The lowest BCUT2D eigenvalue weighted by molar-refractivity contribution is -0.111. The number of nitrogens with zero attached hydrogens (tertiary/aromatic N) is 3. The fraction of sp³-hybridized carbons (Fsp3) is 0.0435. The Hall–Kier alpha value is -3.77. The van der Waals surface area contributed by atoms with Gasteiger partial charge in [0.2, 0.25) is 5.91 Å². The molecule has 0 saturated carbocycles. The predicted molar refractivity (Wildman–Crippen MR) is 121 cm³/mol. The largest absolute Gasteiger partial charge is 0.340 e. The average Bonchev–Trinajstić information content (AvgIpc) is 2.73. The van der Waals surface area contributed by atoms with Crippen LogP contribution in [0.15, 0.2) is 73.1 Å². The van der Waals surface area contributed by atoms with Crippen molar-refractivity contribution in [2.24, 2.45) is 0 Å². The third kappa shape index (κ3) is 4.79. The number of nitrogens with one attached hydrogen (secondary N) is 2. The van der Waals surface area contributed by atoms with Crippen LogP contribution in [-0.4, -0.2) is 20.9 Å². The van der Waals surface area contributed by atoms with E-state index in [0.29, 0.717) is 16.5 Å². The monoisotopic (exact) mass is 415 g/mol. The molecule has 6 nitrogen and oxygen atoms in total. The lowest BCUT2D eigenvalue weighted by atomic mass is 10.2. The van der Waals surface area contributed by atoms with Crippen molar-refractivity contribution in [3.63, 3.8) is 0 Å². The van der Waals surface area contributed by atoms with Gasteiger partial charge in [-0.15, -0.1) is 0 Å². The zero-order valence-electron chi connectivity index (χ0n) is 16.1. The van der Waals surface area contributed by atoms with Gasteiger partial charge in [0.1, 0.15) is 12.1 Å². The van der Waals surface area contributed by atoms with Crippen molar-refractivity contribution in [3.05, 3.63) is 89.5 Å². The van der Waals surface area contributed by atoms with Gasteiger partial charge in [0.05, 0.1) is 11.2 Å². The maximum Gasteiger partial charge on any atom is 0.248 e. The minimum absolute atomic E-state index is 0.251. The number of halogens is 1. The molecule has 2 heterocycles. The highest BCUT2D eigenvalue weighted by Gasteiger charge is 2.07. The molecule has 0 spiro atoms. The average molecular weight is 416 g/mol. The molecule has 4 aromatic rings. The zero-order chi connectivity index (χ0) is 20.9. The molecule has 0 radical (unpaired) electrons. The van der Waals surface area contributed by atoms with Gasteiger partial charge in [-0.25, -0.2) is 9.97 Å². The van der Waals surface area contributed by atoms with E-state index in [1.54, 1.807) is 18.2 Å². The highest BCUT2D eigenvalue weighted by molar-refractivity contribution is 6.30. The first kappa shape index (κ1) is 19.5. The van der Waals surface area contributed by atoms with Crippen molar-refractivity contribution in [2.45, 2.75) is 6.92 Å². The normalized spacial score (nSPS) is 11.0. The van der Waals surface area contributed by atoms with E-state index in [1.807, 2.05) is 55.5 Å².